The molecule has 3 rings (SSSR count). The zero-order valence-electron chi connectivity index (χ0n) is 20.3. The van der Waals surface area contributed by atoms with Crippen LogP contribution in [0.4, 0.5) is 4.79 Å². The van der Waals surface area contributed by atoms with E-state index in [1.165, 1.54) is 11.1 Å². The first-order valence-electron chi connectivity index (χ1n) is 11.7. The van der Waals surface area contributed by atoms with E-state index >= 15 is 0 Å². The number of hydrogen-bond donors (Lipinski definition) is 3. The third-order valence-corrected chi connectivity index (χ3v) is 6.23. The Morgan fingerprint density at radius 2 is 1.53 bits per heavy atom. The van der Waals surface area contributed by atoms with Crippen LogP contribution in [0.3, 0.4) is 0 Å². The zero-order valence-corrected chi connectivity index (χ0v) is 20.3. The minimum Gasteiger partial charge on any atom is -0.481 e. The smallest absolute Gasteiger partial charge is 0.407 e. The van der Waals surface area contributed by atoms with E-state index in [4.69, 9.17) is 9.84 Å². The summed E-state index contributed by atoms with van der Waals surface area (Å²) in [5.74, 6) is -1.33. The molecule has 0 spiro atoms. The molecule has 0 aromatic heterocycles. The van der Waals surface area contributed by atoms with Crippen LogP contribution in [0.5, 0.6) is 0 Å². The van der Waals surface area contributed by atoms with Crippen molar-refractivity contribution in [3.63, 3.8) is 0 Å². The first kappa shape index (κ1) is 25.3. The molecule has 0 saturated heterocycles. The average Bonchev–Trinajstić information content (AvgIpc) is 3.08. The number of hydrogen-bond acceptors (Lipinski definition) is 4. The third kappa shape index (κ3) is 6.37. The summed E-state index contributed by atoms with van der Waals surface area (Å²) in [6.45, 7) is 8.04. The van der Waals surface area contributed by atoms with Gasteiger partial charge in [0.05, 0.1) is 6.42 Å². The minimum atomic E-state index is -0.954. The third-order valence-electron chi connectivity index (χ3n) is 6.23. The maximum Gasteiger partial charge on any atom is 0.407 e. The number of carboxylic acid groups (broad SMARTS) is 1. The fraction of sp³-hybridized carbons (Fsp3) is 0.444. The molecule has 0 saturated carbocycles. The Morgan fingerprint density at radius 1 is 0.971 bits per heavy atom. The number of aliphatic carboxylic acids is 1. The second-order valence-electron chi connectivity index (χ2n) is 10.1. The number of carboxylic acids is 1. The summed E-state index contributed by atoms with van der Waals surface area (Å²) in [7, 11) is 0. The van der Waals surface area contributed by atoms with Crippen LogP contribution < -0.4 is 10.6 Å². The van der Waals surface area contributed by atoms with Crippen molar-refractivity contribution < 1.29 is 24.2 Å². The summed E-state index contributed by atoms with van der Waals surface area (Å²) in [6, 6.07) is 15.8. The van der Waals surface area contributed by atoms with E-state index < -0.39 is 18.1 Å². The molecule has 0 radical (unpaired) electrons. The number of nitrogens with one attached hydrogen (secondary N) is 2. The highest BCUT2D eigenvalue weighted by Crippen LogP contribution is 2.44. The molecule has 0 aliphatic heterocycles. The van der Waals surface area contributed by atoms with Crippen molar-refractivity contribution in [3.8, 4) is 11.1 Å². The van der Waals surface area contributed by atoms with Crippen LogP contribution >= 0.6 is 0 Å². The molecular weight excluding hydrogens is 432 g/mol. The van der Waals surface area contributed by atoms with E-state index in [0.717, 1.165) is 11.1 Å². The van der Waals surface area contributed by atoms with Crippen molar-refractivity contribution in [3.05, 3.63) is 59.7 Å². The molecule has 0 heterocycles. The molecule has 0 fully saturated rings. The van der Waals surface area contributed by atoms with Crippen molar-refractivity contribution in [2.75, 3.05) is 13.2 Å². The Labute approximate surface area is 200 Å². The first-order valence-corrected chi connectivity index (χ1v) is 11.7. The van der Waals surface area contributed by atoms with E-state index in [0.29, 0.717) is 0 Å². The fourth-order valence-electron chi connectivity index (χ4n) is 4.30. The van der Waals surface area contributed by atoms with E-state index in [-0.39, 0.29) is 49.2 Å². The first-order chi connectivity index (χ1) is 16.1. The molecule has 0 bridgehead atoms. The quantitative estimate of drug-likeness (QED) is 0.503. The van der Waals surface area contributed by atoms with Crippen molar-refractivity contribution >= 4 is 18.0 Å². The van der Waals surface area contributed by atoms with Gasteiger partial charge in [0.2, 0.25) is 5.91 Å². The molecule has 1 aliphatic carbocycles. The van der Waals surface area contributed by atoms with Crippen LogP contribution in [0.2, 0.25) is 0 Å². The van der Waals surface area contributed by atoms with Crippen LogP contribution in [-0.4, -0.2) is 42.3 Å². The molecule has 7 heteroatoms. The number of rotatable bonds is 9. The number of amides is 2. The van der Waals surface area contributed by atoms with Gasteiger partial charge in [-0.1, -0.05) is 76.2 Å². The molecule has 1 aliphatic rings. The van der Waals surface area contributed by atoms with Gasteiger partial charge in [0.15, 0.2) is 0 Å². The lowest BCUT2D eigenvalue weighted by Crippen LogP contribution is -2.45. The van der Waals surface area contributed by atoms with Gasteiger partial charge in [0.1, 0.15) is 6.61 Å². The number of alkyl carbamates (subject to hydrolysis) is 1. The van der Waals surface area contributed by atoms with Crippen molar-refractivity contribution in [1.29, 1.82) is 0 Å². The Balaban J connectivity index is 1.47. The highest BCUT2D eigenvalue weighted by molar-refractivity contribution is 5.79. The van der Waals surface area contributed by atoms with Gasteiger partial charge in [-0.15, -0.1) is 0 Å². The van der Waals surface area contributed by atoms with Crippen LogP contribution in [0.25, 0.3) is 11.1 Å². The SMILES string of the molecule is CC(CNC(=O)OCC1c2ccccc2-c2ccccc21)CC(=O)NC(CC(=O)O)C(C)(C)C. The van der Waals surface area contributed by atoms with Crippen LogP contribution in [-0.2, 0) is 14.3 Å². The van der Waals surface area contributed by atoms with Gasteiger partial charge in [0, 0.05) is 24.9 Å². The fourth-order valence-corrected chi connectivity index (χ4v) is 4.30. The van der Waals surface area contributed by atoms with Gasteiger partial charge in [-0.25, -0.2) is 4.79 Å². The predicted octanol–water partition coefficient (Wildman–Crippen LogP) is 4.56. The Hall–Kier alpha value is -3.35. The van der Waals surface area contributed by atoms with E-state index in [2.05, 4.69) is 34.9 Å². The summed E-state index contributed by atoms with van der Waals surface area (Å²) >= 11 is 0. The normalized spacial score (nSPS) is 14.5. The van der Waals surface area contributed by atoms with Gasteiger partial charge in [0.25, 0.3) is 0 Å². The lowest BCUT2D eigenvalue weighted by Gasteiger charge is -2.30. The molecule has 2 atom stereocenters. The second-order valence-corrected chi connectivity index (χ2v) is 10.1. The van der Waals surface area contributed by atoms with E-state index in [9.17, 15) is 14.4 Å². The number of carbonyl (C=O) groups is 3. The van der Waals surface area contributed by atoms with Crippen LogP contribution in [0.1, 0.15) is 57.6 Å². The maximum absolute atomic E-state index is 12.4. The average molecular weight is 467 g/mol. The molecule has 2 unspecified atom stereocenters. The predicted molar refractivity (Wildman–Crippen MR) is 130 cm³/mol. The summed E-state index contributed by atoms with van der Waals surface area (Å²) in [4.78, 5) is 35.9. The van der Waals surface area contributed by atoms with Gasteiger partial charge < -0.3 is 20.5 Å². The Kier molecular flexibility index (Phi) is 7.97. The molecule has 182 valence electrons. The summed E-state index contributed by atoms with van der Waals surface area (Å²) in [5.41, 5.74) is 4.26. The molecule has 2 amide bonds. The van der Waals surface area contributed by atoms with Crippen LogP contribution in [0.15, 0.2) is 48.5 Å². The van der Waals surface area contributed by atoms with Gasteiger partial charge in [-0.05, 0) is 33.6 Å². The molecule has 2 aromatic carbocycles. The number of carbonyl (C=O) groups excluding carboxylic acids is 2. The monoisotopic (exact) mass is 466 g/mol. The van der Waals surface area contributed by atoms with E-state index in [1.807, 2.05) is 52.0 Å². The number of fused-ring (bicyclic) bond motifs is 3. The topological polar surface area (TPSA) is 105 Å². The molecule has 34 heavy (non-hydrogen) atoms. The molecule has 7 nitrogen and oxygen atoms in total. The minimum absolute atomic E-state index is 0.00934. The molecule has 3 N–H and O–H groups in total. The second kappa shape index (κ2) is 10.7. The van der Waals surface area contributed by atoms with Gasteiger partial charge >= 0.3 is 12.1 Å². The van der Waals surface area contributed by atoms with Gasteiger partial charge in [-0.3, -0.25) is 9.59 Å². The van der Waals surface area contributed by atoms with Crippen molar-refractivity contribution in [1.82, 2.24) is 10.6 Å². The standard InChI is InChI=1S/C27H34N2O5/c1-17(13-24(30)29-23(14-25(31)32)27(2,3)4)15-28-26(33)34-16-22-20-11-7-5-9-18(20)19-10-6-8-12-21(19)22/h5-12,17,22-23H,13-16H2,1-4H3,(H,28,33)(H,29,30)(H,31,32). The van der Waals surface area contributed by atoms with Crippen molar-refractivity contribution in [2.45, 2.75) is 52.5 Å². The van der Waals surface area contributed by atoms with Gasteiger partial charge in [-0.2, -0.15) is 0 Å². The highest BCUT2D eigenvalue weighted by atomic mass is 16.5. The maximum atomic E-state index is 12.4. The van der Waals surface area contributed by atoms with Crippen LogP contribution in [0, 0.1) is 11.3 Å². The summed E-state index contributed by atoms with van der Waals surface area (Å²) < 4.78 is 5.53. The Morgan fingerprint density at radius 3 is 2.06 bits per heavy atom. The lowest BCUT2D eigenvalue weighted by molar-refractivity contribution is -0.138. The summed E-state index contributed by atoms with van der Waals surface area (Å²) in [5, 5.41) is 14.7. The molecule has 2 aromatic rings. The summed E-state index contributed by atoms with van der Waals surface area (Å²) in [6.07, 6.45) is -0.482. The molecular formula is C27H34N2O5. The highest BCUT2D eigenvalue weighted by Gasteiger charge is 2.30. The lowest BCUT2D eigenvalue weighted by atomic mass is 9.84. The Bertz CT molecular complexity index is 998. The largest absolute Gasteiger partial charge is 0.481 e. The number of ether oxygens (including phenoxy) is 1. The van der Waals surface area contributed by atoms with Crippen molar-refractivity contribution in [2.24, 2.45) is 11.3 Å². The number of benzene rings is 2. The van der Waals surface area contributed by atoms with E-state index in [1.54, 1.807) is 0 Å². The zero-order chi connectivity index (χ0) is 24.9.